The molecule has 0 aromatic heterocycles. The van der Waals surface area contributed by atoms with Gasteiger partial charge in [0.2, 0.25) is 0 Å². The summed E-state index contributed by atoms with van der Waals surface area (Å²) in [6.07, 6.45) is -4.13. The maximum Gasteiger partial charge on any atom is 0.416 e. The van der Waals surface area contributed by atoms with E-state index in [1.54, 1.807) is 25.7 Å². The first kappa shape index (κ1) is 19.2. The van der Waals surface area contributed by atoms with Crippen LogP contribution in [0.2, 0.25) is 0 Å². The fourth-order valence-electron chi connectivity index (χ4n) is 2.53. The Kier molecular flexibility index (Phi) is 5.39. The lowest BCUT2D eigenvalue weighted by Gasteiger charge is -2.33. The molecule has 140 valence electrons. The van der Waals surface area contributed by atoms with Crippen LogP contribution in [0, 0.1) is 0 Å². The summed E-state index contributed by atoms with van der Waals surface area (Å²) in [4.78, 5) is 13.6. The lowest BCUT2D eigenvalue weighted by molar-refractivity contribution is -0.137. The first-order valence-electron chi connectivity index (χ1n) is 8.06. The molecule has 1 aliphatic rings. The van der Waals surface area contributed by atoms with Crippen molar-refractivity contribution < 1.29 is 27.4 Å². The molecule has 0 spiro atoms. The van der Waals surface area contributed by atoms with Gasteiger partial charge < -0.3 is 20.1 Å². The quantitative estimate of drug-likeness (QED) is 0.808. The molecule has 1 amide bonds. The minimum Gasteiger partial charge on any atom is -0.490 e. The highest BCUT2D eigenvalue weighted by Gasteiger charge is 2.32. The fraction of sp³-hybridized carbons (Fsp3) is 0.588. The van der Waals surface area contributed by atoms with Gasteiger partial charge in [0.25, 0.3) is 0 Å². The van der Waals surface area contributed by atoms with Crippen LogP contribution in [0.1, 0.15) is 39.2 Å². The molecule has 1 aromatic carbocycles. The van der Waals surface area contributed by atoms with Crippen molar-refractivity contribution in [1.82, 2.24) is 4.90 Å². The van der Waals surface area contributed by atoms with Gasteiger partial charge in [0, 0.05) is 37.7 Å². The van der Waals surface area contributed by atoms with Crippen molar-refractivity contribution in [2.75, 3.05) is 18.8 Å². The number of rotatable bonds is 2. The Morgan fingerprint density at radius 1 is 1.16 bits per heavy atom. The largest absolute Gasteiger partial charge is 0.490 e. The van der Waals surface area contributed by atoms with Gasteiger partial charge in [-0.1, -0.05) is 0 Å². The van der Waals surface area contributed by atoms with Gasteiger partial charge in [-0.25, -0.2) is 4.79 Å². The van der Waals surface area contributed by atoms with Gasteiger partial charge >= 0.3 is 12.3 Å². The van der Waals surface area contributed by atoms with Gasteiger partial charge in [0.05, 0.1) is 5.56 Å². The molecule has 0 bridgehead atoms. The van der Waals surface area contributed by atoms with Crippen LogP contribution in [0.4, 0.5) is 23.7 Å². The van der Waals surface area contributed by atoms with Crippen molar-refractivity contribution in [2.45, 2.75) is 51.5 Å². The molecule has 0 atom stereocenters. The summed E-state index contributed by atoms with van der Waals surface area (Å²) in [5, 5.41) is 0. The van der Waals surface area contributed by atoms with E-state index >= 15 is 0 Å². The van der Waals surface area contributed by atoms with Crippen molar-refractivity contribution >= 4 is 11.8 Å². The molecule has 5 nitrogen and oxygen atoms in total. The number of hydrogen-bond acceptors (Lipinski definition) is 4. The van der Waals surface area contributed by atoms with E-state index in [0.717, 1.165) is 12.1 Å². The Bertz CT molecular complexity index is 619. The summed E-state index contributed by atoms with van der Waals surface area (Å²) in [6, 6.07) is 3.18. The van der Waals surface area contributed by atoms with E-state index < -0.39 is 23.4 Å². The van der Waals surface area contributed by atoms with Gasteiger partial charge in [-0.15, -0.1) is 0 Å². The van der Waals surface area contributed by atoms with Crippen LogP contribution in [0.25, 0.3) is 0 Å². The molecule has 0 radical (unpaired) electrons. The second kappa shape index (κ2) is 7.01. The third kappa shape index (κ3) is 5.72. The topological polar surface area (TPSA) is 64.8 Å². The Labute approximate surface area is 144 Å². The van der Waals surface area contributed by atoms with Crippen molar-refractivity contribution in [3.63, 3.8) is 0 Å². The standard InChI is InChI=1S/C17H23F3N2O3/c1-16(2,3)25-15(23)22-6-4-13(5-7-22)24-14-9-11(17(18,19)20)8-12(21)10-14/h8-10,13H,4-7,21H2,1-3H3. The molecule has 1 aromatic rings. The molecular weight excluding hydrogens is 337 g/mol. The molecule has 25 heavy (non-hydrogen) atoms. The van der Waals surface area contributed by atoms with Crippen LogP contribution in [-0.2, 0) is 10.9 Å². The molecule has 1 aliphatic heterocycles. The number of nitrogens with two attached hydrogens (primary N) is 1. The Balaban J connectivity index is 1.94. The van der Waals surface area contributed by atoms with E-state index in [1.165, 1.54) is 6.07 Å². The highest BCUT2D eigenvalue weighted by atomic mass is 19.4. The molecular formula is C17H23F3N2O3. The minimum absolute atomic E-state index is 0.00369. The van der Waals surface area contributed by atoms with Crippen LogP contribution >= 0.6 is 0 Å². The number of alkyl halides is 3. The van der Waals surface area contributed by atoms with Crippen LogP contribution in [-0.4, -0.2) is 35.8 Å². The highest BCUT2D eigenvalue weighted by Crippen LogP contribution is 2.34. The van der Waals surface area contributed by atoms with Crippen molar-refractivity contribution in [3.8, 4) is 5.75 Å². The molecule has 1 heterocycles. The molecule has 0 saturated carbocycles. The smallest absolute Gasteiger partial charge is 0.416 e. The second-order valence-electron chi connectivity index (χ2n) is 7.07. The van der Waals surface area contributed by atoms with E-state index in [4.69, 9.17) is 15.2 Å². The zero-order valence-corrected chi connectivity index (χ0v) is 14.5. The van der Waals surface area contributed by atoms with Crippen molar-refractivity contribution in [2.24, 2.45) is 0 Å². The van der Waals surface area contributed by atoms with Gasteiger partial charge in [-0.05, 0) is 32.9 Å². The Morgan fingerprint density at radius 3 is 2.28 bits per heavy atom. The zero-order valence-electron chi connectivity index (χ0n) is 14.5. The number of anilines is 1. The van der Waals surface area contributed by atoms with E-state index in [-0.39, 0.29) is 17.5 Å². The monoisotopic (exact) mass is 360 g/mol. The van der Waals surface area contributed by atoms with Crippen LogP contribution in [0.15, 0.2) is 18.2 Å². The lowest BCUT2D eigenvalue weighted by atomic mass is 10.1. The average Bonchev–Trinajstić information content (AvgIpc) is 2.44. The number of ether oxygens (including phenoxy) is 2. The highest BCUT2D eigenvalue weighted by molar-refractivity contribution is 5.68. The SMILES string of the molecule is CC(C)(C)OC(=O)N1CCC(Oc2cc(N)cc(C(F)(F)F)c2)CC1. The third-order valence-corrected chi connectivity index (χ3v) is 3.65. The van der Waals surface area contributed by atoms with E-state index in [1.807, 2.05) is 0 Å². The van der Waals surface area contributed by atoms with Gasteiger partial charge in [-0.3, -0.25) is 0 Å². The Hall–Kier alpha value is -2.12. The summed E-state index contributed by atoms with van der Waals surface area (Å²) in [5.41, 5.74) is 4.12. The number of nitrogen functional groups attached to an aromatic ring is 1. The number of carbonyl (C=O) groups excluding carboxylic acids is 1. The average molecular weight is 360 g/mol. The number of piperidine rings is 1. The van der Waals surface area contributed by atoms with Crippen LogP contribution in [0.3, 0.4) is 0 Å². The van der Waals surface area contributed by atoms with Gasteiger partial charge in [0.1, 0.15) is 17.5 Å². The number of benzene rings is 1. The van der Waals surface area contributed by atoms with E-state index in [9.17, 15) is 18.0 Å². The number of likely N-dealkylation sites (tertiary alicyclic amines) is 1. The van der Waals surface area contributed by atoms with Crippen molar-refractivity contribution in [3.05, 3.63) is 23.8 Å². The fourth-order valence-corrected chi connectivity index (χ4v) is 2.53. The molecule has 2 N–H and O–H groups in total. The zero-order chi connectivity index (χ0) is 18.8. The summed E-state index contributed by atoms with van der Waals surface area (Å²) < 4.78 is 49.4. The number of halogens is 3. The first-order valence-corrected chi connectivity index (χ1v) is 8.06. The number of hydrogen-bond donors (Lipinski definition) is 1. The molecule has 1 saturated heterocycles. The third-order valence-electron chi connectivity index (χ3n) is 3.65. The van der Waals surface area contributed by atoms with Crippen LogP contribution in [0.5, 0.6) is 5.75 Å². The molecule has 2 rings (SSSR count). The van der Waals surface area contributed by atoms with Crippen LogP contribution < -0.4 is 10.5 Å². The summed E-state index contributed by atoms with van der Waals surface area (Å²) >= 11 is 0. The minimum atomic E-state index is -4.48. The van der Waals surface area contributed by atoms with E-state index in [0.29, 0.717) is 25.9 Å². The number of carbonyl (C=O) groups is 1. The maximum atomic E-state index is 12.8. The second-order valence-corrected chi connectivity index (χ2v) is 7.07. The predicted octanol–water partition coefficient (Wildman–Crippen LogP) is 4.07. The number of nitrogens with zero attached hydrogens (tertiary/aromatic N) is 1. The summed E-state index contributed by atoms with van der Waals surface area (Å²) in [7, 11) is 0. The van der Waals surface area contributed by atoms with Crippen molar-refractivity contribution in [1.29, 1.82) is 0 Å². The predicted molar refractivity (Wildman–Crippen MR) is 87.3 cm³/mol. The molecule has 1 fully saturated rings. The first-order chi connectivity index (χ1) is 11.4. The normalized spacial score (nSPS) is 16.6. The summed E-state index contributed by atoms with van der Waals surface area (Å²) in [6.45, 7) is 6.22. The van der Waals surface area contributed by atoms with Gasteiger partial charge in [-0.2, -0.15) is 13.2 Å². The Morgan fingerprint density at radius 2 is 1.76 bits per heavy atom. The van der Waals surface area contributed by atoms with Gasteiger partial charge in [0.15, 0.2) is 0 Å². The maximum absolute atomic E-state index is 12.8. The molecule has 0 aliphatic carbocycles. The summed E-state index contributed by atoms with van der Waals surface area (Å²) in [5.74, 6) is 0.0862. The molecule has 0 unspecified atom stereocenters. The number of amides is 1. The molecule has 8 heteroatoms. The van der Waals surface area contributed by atoms with E-state index in [2.05, 4.69) is 0 Å². The lowest BCUT2D eigenvalue weighted by Crippen LogP contribution is -2.44.